The molecule has 0 spiro atoms. The van der Waals surface area contributed by atoms with Crippen molar-refractivity contribution in [2.24, 2.45) is 11.8 Å². The van der Waals surface area contributed by atoms with E-state index in [1.807, 2.05) is 0 Å². The zero-order chi connectivity index (χ0) is 28.3. The Labute approximate surface area is 227 Å². The lowest BCUT2D eigenvalue weighted by atomic mass is 9.65. The van der Waals surface area contributed by atoms with Gasteiger partial charge in [0.05, 0.1) is 32.8 Å². The highest BCUT2D eigenvalue weighted by molar-refractivity contribution is 5.96. The third-order valence-corrected chi connectivity index (χ3v) is 7.67. The number of carbonyl (C=O) groups excluding carboxylic acids is 2. The molecule has 1 fully saturated rings. The molecule has 40 heavy (non-hydrogen) atoms. The van der Waals surface area contributed by atoms with E-state index in [1.54, 1.807) is 24.3 Å². The summed E-state index contributed by atoms with van der Waals surface area (Å²) in [5.74, 6) is -4.03. The number of esters is 1. The van der Waals surface area contributed by atoms with Crippen molar-refractivity contribution in [2.75, 3.05) is 27.6 Å². The lowest BCUT2D eigenvalue weighted by molar-refractivity contribution is -0.141. The Bertz CT molecular complexity index is 1500. The van der Waals surface area contributed by atoms with E-state index in [0.717, 1.165) is 12.1 Å². The number of cyclic esters (lactones) is 1. The summed E-state index contributed by atoms with van der Waals surface area (Å²) in [7, 11) is 2.81. The molecule has 1 aliphatic carbocycles. The summed E-state index contributed by atoms with van der Waals surface area (Å²) in [6.07, 6.45) is 0. The van der Waals surface area contributed by atoms with Gasteiger partial charge in [-0.05, 0) is 53.1 Å². The molecule has 2 heterocycles. The highest BCUT2D eigenvalue weighted by Crippen LogP contribution is 2.55. The van der Waals surface area contributed by atoms with Crippen LogP contribution in [0.1, 0.15) is 39.0 Å². The van der Waals surface area contributed by atoms with Crippen LogP contribution in [0, 0.1) is 11.8 Å². The second-order valence-electron chi connectivity index (χ2n) is 9.72. The van der Waals surface area contributed by atoms with E-state index in [9.17, 15) is 30.0 Å². The number of benzene rings is 3. The Morgan fingerprint density at radius 3 is 2.05 bits per heavy atom. The summed E-state index contributed by atoms with van der Waals surface area (Å²) in [4.78, 5) is 26.6. The third kappa shape index (κ3) is 3.82. The van der Waals surface area contributed by atoms with Crippen LogP contribution in [0.5, 0.6) is 46.0 Å². The zero-order valence-electron chi connectivity index (χ0n) is 21.3. The maximum Gasteiger partial charge on any atom is 0.310 e. The molecule has 0 unspecified atom stereocenters. The van der Waals surface area contributed by atoms with Crippen molar-refractivity contribution in [3.8, 4) is 46.0 Å². The molecule has 0 aromatic heterocycles. The number of fused-ring (bicyclic) bond motifs is 3. The van der Waals surface area contributed by atoms with Gasteiger partial charge in [-0.15, -0.1) is 0 Å². The van der Waals surface area contributed by atoms with Crippen LogP contribution < -0.4 is 24.3 Å². The molecule has 3 aliphatic rings. The SMILES string of the molecule is COc1cc([C@@H]2c3cc4c(cc3[C@@H](NC(=O)c3cc(O)c(O)c(O)c3)[C@H]3COC(=O)[C@H]23)OCO4)cc(OC)c1O. The minimum atomic E-state index is -0.751. The molecular weight excluding hydrogens is 526 g/mol. The molecule has 6 rings (SSSR count). The standard InChI is InChI=1S/C28H25NO11/c1-36-20-5-11(6-21(37-2)26(20)33)22-13-7-18-19(40-10-39-18)8-14(13)24(15-9-38-28(35)23(15)22)29-27(34)12-3-16(30)25(32)17(31)4-12/h3-8,15,22-24,30-33H,9-10H2,1-2H3,(H,29,34)/t15-,22+,23-,24+/m0/s1. The van der Waals surface area contributed by atoms with E-state index >= 15 is 0 Å². The van der Waals surface area contributed by atoms with Gasteiger partial charge in [0.15, 0.2) is 40.2 Å². The highest BCUT2D eigenvalue weighted by Gasteiger charge is 2.53. The third-order valence-electron chi connectivity index (χ3n) is 7.67. The molecule has 12 nitrogen and oxygen atoms in total. The average Bonchev–Trinajstić information content (AvgIpc) is 3.56. The predicted octanol–water partition coefficient (Wildman–Crippen LogP) is 2.66. The number of rotatable bonds is 5. The minimum absolute atomic E-state index is 0.00172. The summed E-state index contributed by atoms with van der Waals surface area (Å²) in [5, 5.41) is 43.0. The van der Waals surface area contributed by atoms with Gasteiger partial charge in [0.2, 0.25) is 12.5 Å². The van der Waals surface area contributed by atoms with E-state index in [4.69, 9.17) is 23.7 Å². The van der Waals surface area contributed by atoms with Crippen LogP contribution in [-0.2, 0) is 9.53 Å². The zero-order valence-corrected chi connectivity index (χ0v) is 21.3. The van der Waals surface area contributed by atoms with Gasteiger partial charge in [0.25, 0.3) is 5.91 Å². The van der Waals surface area contributed by atoms with E-state index in [0.29, 0.717) is 28.2 Å². The van der Waals surface area contributed by atoms with Gasteiger partial charge in [0.1, 0.15) is 0 Å². The normalized spacial score (nSPS) is 22.2. The molecule has 0 saturated carbocycles. The molecule has 2 aliphatic heterocycles. The van der Waals surface area contributed by atoms with Crippen molar-refractivity contribution in [2.45, 2.75) is 12.0 Å². The molecule has 3 aromatic rings. The number of hydrogen-bond acceptors (Lipinski definition) is 11. The van der Waals surface area contributed by atoms with Crippen molar-refractivity contribution >= 4 is 11.9 Å². The van der Waals surface area contributed by atoms with Crippen LogP contribution >= 0.6 is 0 Å². The van der Waals surface area contributed by atoms with Crippen molar-refractivity contribution in [1.82, 2.24) is 5.32 Å². The van der Waals surface area contributed by atoms with Crippen LogP contribution in [0.4, 0.5) is 0 Å². The summed E-state index contributed by atoms with van der Waals surface area (Å²) >= 11 is 0. The first-order chi connectivity index (χ1) is 19.2. The number of phenolic OH excluding ortho intramolecular Hbond substituents is 4. The molecule has 0 bridgehead atoms. The molecule has 208 valence electrons. The van der Waals surface area contributed by atoms with Gasteiger partial charge in [-0.1, -0.05) is 0 Å². The Morgan fingerprint density at radius 2 is 1.45 bits per heavy atom. The van der Waals surface area contributed by atoms with Gasteiger partial charge in [0, 0.05) is 17.4 Å². The Morgan fingerprint density at radius 1 is 0.850 bits per heavy atom. The van der Waals surface area contributed by atoms with Crippen LogP contribution in [0.3, 0.4) is 0 Å². The molecule has 1 amide bonds. The van der Waals surface area contributed by atoms with Gasteiger partial charge in [-0.3, -0.25) is 9.59 Å². The van der Waals surface area contributed by atoms with Crippen molar-refractivity contribution in [1.29, 1.82) is 0 Å². The first-order valence-electron chi connectivity index (χ1n) is 12.3. The molecule has 5 N–H and O–H groups in total. The fourth-order valence-corrected chi connectivity index (χ4v) is 5.80. The van der Waals surface area contributed by atoms with Gasteiger partial charge >= 0.3 is 5.97 Å². The number of hydrogen-bond donors (Lipinski definition) is 5. The minimum Gasteiger partial charge on any atom is -0.504 e. The van der Waals surface area contributed by atoms with Crippen molar-refractivity contribution in [3.63, 3.8) is 0 Å². The molecule has 4 atom stereocenters. The summed E-state index contributed by atoms with van der Waals surface area (Å²) in [5.41, 5.74) is 1.80. The Hall–Kier alpha value is -5.00. The Kier molecular flexibility index (Phi) is 5.90. The van der Waals surface area contributed by atoms with Crippen molar-refractivity contribution in [3.05, 3.63) is 58.7 Å². The summed E-state index contributed by atoms with van der Waals surface area (Å²) in [6.45, 7) is 0.0129. The summed E-state index contributed by atoms with van der Waals surface area (Å²) in [6, 6.07) is 8.06. The lowest BCUT2D eigenvalue weighted by Gasteiger charge is -2.39. The van der Waals surface area contributed by atoms with E-state index in [1.165, 1.54) is 14.2 Å². The molecular formula is C28H25NO11. The second kappa shape index (κ2) is 9.33. The number of nitrogens with one attached hydrogen (secondary N) is 1. The number of carbonyl (C=O) groups is 2. The number of methoxy groups -OCH3 is 2. The number of amides is 1. The van der Waals surface area contributed by atoms with Gasteiger partial charge in [-0.25, -0.2) is 0 Å². The maximum absolute atomic E-state index is 13.3. The van der Waals surface area contributed by atoms with Crippen LogP contribution in [0.2, 0.25) is 0 Å². The molecule has 12 heteroatoms. The Balaban J connectivity index is 1.51. The fraction of sp³-hybridized carbons (Fsp3) is 0.286. The summed E-state index contributed by atoms with van der Waals surface area (Å²) < 4.78 is 27.5. The maximum atomic E-state index is 13.3. The monoisotopic (exact) mass is 551 g/mol. The average molecular weight is 552 g/mol. The van der Waals surface area contributed by atoms with Crippen LogP contribution in [-0.4, -0.2) is 59.9 Å². The predicted molar refractivity (Wildman–Crippen MR) is 135 cm³/mol. The van der Waals surface area contributed by atoms with Gasteiger partial charge < -0.3 is 49.4 Å². The molecule has 1 saturated heterocycles. The first-order valence-corrected chi connectivity index (χ1v) is 12.3. The van der Waals surface area contributed by atoms with Crippen LogP contribution in [0.15, 0.2) is 36.4 Å². The number of ether oxygens (including phenoxy) is 5. The highest BCUT2D eigenvalue weighted by atomic mass is 16.7. The molecule has 0 radical (unpaired) electrons. The van der Waals surface area contributed by atoms with E-state index in [-0.39, 0.29) is 36.2 Å². The van der Waals surface area contributed by atoms with Crippen molar-refractivity contribution < 1.29 is 53.7 Å². The largest absolute Gasteiger partial charge is 0.504 e. The lowest BCUT2D eigenvalue weighted by Crippen LogP contribution is -2.42. The van der Waals surface area contributed by atoms with Gasteiger partial charge in [-0.2, -0.15) is 0 Å². The fourth-order valence-electron chi connectivity index (χ4n) is 5.80. The van der Waals surface area contributed by atoms with Crippen LogP contribution in [0.25, 0.3) is 0 Å². The van der Waals surface area contributed by atoms with E-state index < -0.39 is 52.9 Å². The first kappa shape index (κ1) is 25.3. The van der Waals surface area contributed by atoms with E-state index in [2.05, 4.69) is 5.32 Å². The quantitative estimate of drug-likeness (QED) is 0.233. The topological polar surface area (TPSA) is 173 Å². The number of phenols is 4. The second-order valence-corrected chi connectivity index (χ2v) is 9.72. The number of aromatic hydroxyl groups is 4. The smallest absolute Gasteiger partial charge is 0.310 e. The molecule has 3 aromatic carbocycles.